The third-order valence-electron chi connectivity index (χ3n) is 3.20. The number of nitrogens with one attached hydrogen (secondary N) is 1. The van der Waals surface area contributed by atoms with Gasteiger partial charge in [-0.1, -0.05) is 23.7 Å². The number of halogens is 4. The highest BCUT2D eigenvalue weighted by Crippen LogP contribution is 2.40. The van der Waals surface area contributed by atoms with Gasteiger partial charge in [-0.3, -0.25) is 4.98 Å². The molecule has 0 amide bonds. The molecule has 1 unspecified atom stereocenters. The fraction of sp³-hybridized carbons (Fsp3) is 0.143. The van der Waals surface area contributed by atoms with Gasteiger partial charge in [0.25, 0.3) is 5.18 Å². The van der Waals surface area contributed by atoms with Crippen molar-refractivity contribution in [1.82, 2.24) is 4.98 Å². The van der Waals surface area contributed by atoms with E-state index in [1.165, 1.54) is 36.8 Å². The predicted molar refractivity (Wildman–Crippen MR) is 76.5 cm³/mol. The molecule has 0 spiro atoms. The minimum absolute atomic E-state index is 0.194. The number of alkyl halides is 4. The van der Waals surface area contributed by atoms with Crippen LogP contribution in [0.2, 0.25) is 0 Å². The van der Waals surface area contributed by atoms with Crippen molar-refractivity contribution in [2.75, 3.05) is 5.32 Å². The van der Waals surface area contributed by atoms with Crippen LogP contribution < -0.4 is 5.32 Å². The van der Waals surface area contributed by atoms with Gasteiger partial charge in [0, 0.05) is 23.0 Å². The molecule has 22 heavy (non-hydrogen) atoms. The van der Waals surface area contributed by atoms with Crippen LogP contribution in [-0.4, -0.2) is 16.4 Å². The van der Waals surface area contributed by atoms with E-state index in [9.17, 15) is 18.3 Å². The Balaban J connectivity index is 2.13. The number of fused-ring (bicyclic) bond motifs is 1. The standard InChI is InChI=1S/C14H9ClF3N3O/c15-13(22)9-4-3-8(6-11(9)20-7-21-13)12-10(14(16,17)18)2-1-5-19-12/h1-7,22H,(H,20,21). The largest absolute Gasteiger partial charge is 0.418 e. The monoisotopic (exact) mass is 327 g/mol. The van der Waals surface area contributed by atoms with Gasteiger partial charge in [0.15, 0.2) is 0 Å². The summed E-state index contributed by atoms with van der Waals surface area (Å²) < 4.78 is 39.2. The van der Waals surface area contributed by atoms with Crippen molar-refractivity contribution < 1.29 is 18.3 Å². The topological polar surface area (TPSA) is 57.5 Å². The van der Waals surface area contributed by atoms with Crippen molar-refractivity contribution in [3.8, 4) is 11.3 Å². The van der Waals surface area contributed by atoms with E-state index in [0.717, 1.165) is 6.07 Å². The fourth-order valence-corrected chi connectivity index (χ4v) is 2.42. The van der Waals surface area contributed by atoms with E-state index in [1.54, 1.807) is 0 Å². The van der Waals surface area contributed by atoms with Gasteiger partial charge in [-0.05, 0) is 18.2 Å². The second-order valence-electron chi connectivity index (χ2n) is 4.65. The molecule has 1 aliphatic rings. The summed E-state index contributed by atoms with van der Waals surface area (Å²) in [6.45, 7) is 0. The average Bonchev–Trinajstić information content (AvgIpc) is 2.45. The van der Waals surface area contributed by atoms with Gasteiger partial charge in [-0.2, -0.15) is 13.2 Å². The lowest BCUT2D eigenvalue weighted by molar-refractivity contribution is -0.137. The number of pyridine rings is 1. The van der Waals surface area contributed by atoms with Crippen LogP contribution >= 0.6 is 11.6 Å². The Hall–Kier alpha value is -2.12. The van der Waals surface area contributed by atoms with E-state index in [2.05, 4.69) is 15.3 Å². The minimum Gasteiger partial charge on any atom is -0.353 e. The molecule has 0 radical (unpaired) electrons. The van der Waals surface area contributed by atoms with Crippen molar-refractivity contribution >= 4 is 23.6 Å². The third kappa shape index (κ3) is 2.53. The van der Waals surface area contributed by atoms with E-state index >= 15 is 0 Å². The first-order valence-electron chi connectivity index (χ1n) is 6.18. The fourth-order valence-electron chi connectivity index (χ4n) is 2.21. The number of anilines is 1. The maximum Gasteiger partial charge on any atom is 0.418 e. The molecule has 0 saturated heterocycles. The van der Waals surface area contributed by atoms with Crippen LogP contribution in [0, 0.1) is 0 Å². The van der Waals surface area contributed by atoms with Gasteiger partial charge >= 0.3 is 6.18 Å². The van der Waals surface area contributed by atoms with Gasteiger partial charge in [-0.15, -0.1) is 0 Å². The summed E-state index contributed by atoms with van der Waals surface area (Å²) in [5, 5.41) is 10.7. The number of aromatic nitrogens is 1. The van der Waals surface area contributed by atoms with Crippen molar-refractivity contribution in [1.29, 1.82) is 0 Å². The highest BCUT2D eigenvalue weighted by atomic mass is 35.5. The predicted octanol–water partition coefficient (Wildman–Crippen LogP) is 3.56. The van der Waals surface area contributed by atoms with Crippen LogP contribution in [0.1, 0.15) is 11.1 Å². The molecule has 8 heteroatoms. The number of hydrogen-bond donors (Lipinski definition) is 2. The molecule has 1 aliphatic heterocycles. The van der Waals surface area contributed by atoms with Crippen LogP contribution in [0.25, 0.3) is 11.3 Å². The summed E-state index contributed by atoms with van der Waals surface area (Å²) >= 11 is 5.83. The Bertz CT molecular complexity index is 759. The van der Waals surface area contributed by atoms with Crippen LogP contribution in [0.5, 0.6) is 0 Å². The Morgan fingerprint density at radius 3 is 2.73 bits per heavy atom. The van der Waals surface area contributed by atoms with E-state index in [-0.39, 0.29) is 16.8 Å². The molecule has 0 bridgehead atoms. The van der Waals surface area contributed by atoms with E-state index < -0.39 is 16.9 Å². The van der Waals surface area contributed by atoms with Crippen molar-refractivity contribution in [3.05, 3.63) is 47.7 Å². The summed E-state index contributed by atoms with van der Waals surface area (Å²) in [5.41, 5.74) is -0.156. The molecular formula is C14H9ClF3N3O. The number of benzene rings is 1. The molecule has 2 N–H and O–H groups in total. The Labute approximate surface area is 128 Å². The van der Waals surface area contributed by atoms with Crippen LogP contribution in [0.4, 0.5) is 18.9 Å². The third-order valence-corrected chi connectivity index (χ3v) is 3.51. The Morgan fingerprint density at radius 1 is 1.23 bits per heavy atom. The Morgan fingerprint density at radius 2 is 2.00 bits per heavy atom. The summed E-state index contributed by atoms with van der Waals surface area (Å²) in [6, 6.07) is 6.45. The maximum atomic E-state index is 13.1. The molecule has 4 nitrogen and oxygen atoms in total. The summed E-state index contributed by atoms with van der Waals surface area (Å²) in [7, 11) is 0. The highest BCUT2D eigenvalue weighted by Gasteiger charge is 2.35. The van der Waals surface area contributed by atoms with Crippen molar-refractivity contribution in [2.45, 2.75) is 11.4 Å². The molecule has 2 aromatic rings. The number of nitrogens with zero attached hydrogens (tertiary/aromatic N) is 2. The molecule has 1 aromatic carbocycles. The zero-order valence-corrected chi connectivity index (χ0v) is 11.7. The van der Waals surface area contributed by atoms with Gasteiger partial charge in [0.1, 0.15) is 0 Å². The first kappa shape index (κ1) is 14.8. The first-order chi connectivity index (χ1) is 10.3. The quantitative estimate of drug-likeness (QED) is 0.622. The molecule has 0 aliphatic carbocycles. The minimum atomic E-state index is -4.51. The van der Waals surface area contributed by atoms with Crippen LogP contribution in [-0.2, 0) is 11.4 Å². The van der Waals surface area contributed by atoms with Crippen molar-refractivity contribution in [2.24, 2.45) is 4.99 Å². The smallest absolute Gasteiger partial charge is 0.353 e. The second kappa shape index (κ2) is 4.96. The molecule has 3 rings (SSSR count). The van der Waals surface area contributed by atoms with Crippen LogP contribution in [0.15, 0.2) is 41.5 Å². The number of aliphatic hydroxyl groups is 1. The lowest BCUT2D eigenvalue weighted by Crippen LogP contribution is -2.22. The van der Waals surface area contributed by atoms with E-state index in [1.807, 2.05) is 0 Å². The summed E-state index contributed by atoms with van der Waals surface area (Å²) in [5.74, 6) is 0. The average molecular weight is 328 g/mol. The van der Waals surface area contributed by atoms with E-state index in [0.29, 0.717) is 5.69 Å². The molecule has 2 heterocycles. The van der Waals surface area contributed by atoms with Crippen LogP contribution in [0.3, 0.4) is 0 Å². The van der Waals surface area contributed by atoms with E-state index in [4.69, 9.17) is 11.6 Å². The Kier molecular flexibility index (Phi) is 3.34. The molecule has 1 aromatic heterocycles. The molecule has 114 valence electrons. The molecule has 0 fully saturated rings. The van der Waals surface area contributed by atoms with Gasteiger partial charge in [0.05, 0.1) is 17.6 Å². The zero-order chi connectivity index (χ0) is 16.0. The first-order valence-corrected chi connectivity index (χ1v) is 6.55. The highest BCUT2D eigenvalue weighted by molar-refractivity contribution is 6.24. The lowest BCUT2D eigenvalue weighted by Gasteiger charge is -2.24. The molecule has 0 saturated carbocycles. The lowest BCUT2D eigenvalue weighted by atomic mass is 10.0. The normalized spacial score (nSPS) is 20.4. The molecule has 1 atom stereocenters. The van der Waals surface area contributed by atoms with Crippen molar-refractivity contribution in [3.63, 3.8) is 0 Å². The maximum absolute atomic E-state index is 13.1. The number of aliphatic imine (C=N–C) groups is 1. The SMILES string of the molecule is OC1(Cl)N=CNc2cc(-c3ncccc3C(F)(F)F)ccc21. The van der Waals surface area contributed by atoms with Gasteiger partial charge in [0.2, 0.25) is 0 Å². The van der Waals surface area contributed by atoms with Gasteiger partial charge in [-0.25, -0.2) is 4.99 Å². The summed E-state index contributed by atoms with van der Waals surface area (Å²) in [4.78, 5) is 7.48. The summed E-state index contributed by atoms with van der Waals surface area (Å²) in [6.07, 6.45) is -2.04. The zero-order valence-electron chi connectivity index (χ0n) is 10.9. The number of rotatable bonds is 1. The van der Waals surface area contributed by atoms with Gasteiger partial charge < -0.3 is 10.4 Å². The molecular weight excluding hydrogens is 319 g/mol. The second-order valence-corrected chi connectivity index (χ2v) is 5.17. The number of hydrogen-bond acceptors (Lipinski definition) is 4.